The van der Waals surface area contributed by atoms with Crippen molar-refractivity contribution >= 4 is 22.9 Å². The minimum Gasteiger partial charge on any atom is -0.493 e. The Labute approximate surface area is 240 Å². The molecule has 2 aromatic carbocycles. The number of para-hydroxylation sites is 1. The summed E-state index contributed by atoms with van der Waals surface area (Å²) in [5.41, 5.74) is 6.31. The molecule has 41 heavy (non-hydrogen) atoms. The number of ether oxygens (including phenoxy) is 3. The molecule has 0 saturated carbocycles. The fraction of sp³-hybridized carbons (Fsp3) is 0.375. The van der Waals surface area contributed by atoms with Crippen molar-refractivity contribution < 1.29 is 23.8 Å². The zero-order valence-electron chi connectivity index (χ0n) is 24.6. The van der Waals surface area contributed by atoms with Crippen molar-refractivity contribution in [3.8, 4) is 17.2 Å². The lowest BCUT2D eigenvalue weighted by Crippen LogP contribution is -2.31. The second-order valence-electron chi connectivity index (χ2n) is 9.80. The summed E-state index contributed by atoms with van der Waals surface area (Å²) in [5, 5.41) is 8.79. The SMILES string of the molecule is CCOC(=O)CC(NC(=O)CCc1c(C)nc2c(c(C)nn2-c2ccccc2)c1C)c1ccc(OCC)c(OC)c1. The van der Waals surface area contributed by atoms with E-state index < -0.39 is 12.0 Å². The highest BCUT2D eigenvalue weighted by atomic mass is 16.5. The molecule has 9 nitrogen and oxygen atoms in total. The number of benzene rings is 2. The van der Waals surface area contributed by atoms with E-state index in [0.717, 1.165) is 44.8 Å². The molecule has 1 amide bonds. The molecule has 4 aromatic rings. The van der Waals surface area contributed by atoms with Gasteiger partial charge in [-0.3, -0.25) is 9.59 Å². The number of aryl methyl sites for hydroxylation is 3. The van der Waals surface area contributed by atoms with Crippen molar-refractivity contribution in [3.05, 3.63) is 76.6 Å². The molecule has 216 valence electrons. The number of fused-ring (bicyclic) bond motifs is 1. The predicted octanol–water partition coefficient (Wildman–Crippen LogP) is 5.50. The molecule has 0 aliphatic rings. The average molecular weight is 559 g/mol. The normalized spacial score (nSPS) is 11.8. The van der Waals surface area contributed by atoms with Crippen molar-refractivity contribution in [2.45, 2.75) is 59.9 Å². The molecule has 0 saturated heterocycles. The van der Waals surface area contributed by atoms with Gasteiger partial charge in [-0.05, 0) is 82.0 Å². The van der Waals surface area contributed by atoms with Gasteiger partial charge in [0.15, 0.2) is 17.1 Å². The number of aromatic nitrogens is 3. The molecule has 1 atom stereocenters. The summed E-state index contributed by atoms with van der Waals surface area (Å²) in [6.45, 7) is 10.4. The lowest BCUT2D eigenvalue weighted by molar-refractivity contribution is -0.143. The first-order valence-corrected chi connectivity index (χ1v) is 13.9. The van der Waals surface area contributed by atoms with Gasteiger partial charge < -0.3 is 19.5 Å². The van der Waals surface area contributed by atoms with E-state index in [2.05, 4.69) is 12.2 Å². The van der Waals surface area contributed by atoms with E-state index in [9.17, 15) is 9.59 Å². The lowest BCUT2D eigenvalue weighted by Gasteiger charge is -2.20. The molecule has 0 aliphatic heterocycles. The summed E-state index contributed by atoms with van der Waals surface area (Å²) < 4.78 is 18.2. The monoisotopic (exact) mass is 558 g/mol. The molecule has 2 aromatic heterocycles. The van der Waals surface area contributed by atoms with Gasteiger partial charge in [-0.2, -0.15) is 5.10 Å². The fourth-order valence-corrected chi connectivity index (χ4v) is 5.14. The summed E-state index contributed by atoms with van der Waals surface area (Å²) in [7, 11) is 1.56. The first-order chi connectivity index (χ1) is 19.8. The fourth-order valence-electron chi connectivity index (χ4n) is 5.14. The molecule has 0 radical (unpaired) electrons. The van der Waals surface area contributed by atoms with Crippen LogP contribution in [0.25, 0.3) is 16.7 Å². The van der Waals surface area contributed by atoms with Crippen LogP contribution in [-0.2, 0) is 20.7 Å². The van der Waals surface area contributed by atoms with E-state index in [0.29, 0.717) is 24.5 Å². The summed E-state index contributed by atoms with van der Waals surface area (Å²) >= 11 is 0. The number of methoxy groups -OCH3 is 1. The topological polar surface area (TPSA) is 105 Å². The van der Waals surface area contributed by atoms with Crippen LogP contribution in [0.1, 0.15) is 60.8 Å². The molecule has 0 spiro atoms. The number of rotatable bonds is 12. The number of nitrogens with zero attached hydrogens (tertiary/aromatic N) is 3. The predicted molar refractivity (Wildman–Crippen MR) is 158 cm³/mol. The summed E-state index contributed by atoms with van der Waals surface area (Å²) in [4.78, 5) is 30.6. The highest BCUT2D eigenvalue weighted by Crippen LogP contribution is 2.32. The molecular formula is C32H38N4O5. The van der Waals surface area contributed by atoms with Gasteiger partial charge in [-0.15, -0.1) is 0 Å². The number of hydrogen-bond acceptors (Lipinski definition) is 7. The maximum atomic E-state index is 13.2. The number of esters is 1. The molecule has 0 fully saturated rings. The zero-order valence-corrected chi connectivity index (χ0v) is 24.6. The minimum absolute atomic E-state index is 0.000150. The number of pyridine rings is 1. The number of carbonyl (C=O) groups is 2. The Morgan fingerprint density at radius 1 is 0.976 bits per heavy atom. The van der Waals surface area contributed by atoms with Gasteiger partial charge in [0.25, 0.3) is 0 Å². The minimum atomic E-state index is -0.583. The van der Waals surface area contributed by atoms with Gasteiger partial charge in [0.1, 0.15) is 0 Å². The third-order valence-electron chi connectivity index (χ3n) is 7.08. The van der Waals surface area contributed by atoms with E-state index in [1.54, 1.807) is 26.2 Å². The second-order valence-corrected chi connectivity index (χ2v) is 9.80. The van der Waals surface area contributed by atoms with E-state index in [1.807, 2.05) is 61.9 Å². The third kappa shape index (κ3) is 6.67. The van der Waals surface area contributed by atoms with Crippen LogP contribution in [0.5, 0.6) is 11.5 Å². The summed E-state index contributed by atoms with van der Waals surface area (Å²) in [6, 6.07) is 14.7. The Hall–Kier alpha value is -4.40. The van der Waals surface area contributed by atoms with Crippen molar-refractivity contribution in [1.29, 1.82) is 0 Å². The van der Waals surface area contributed by atoms with Crippen molar-refractivity contribution in [2.75, 3.05) is 20.3 Å². The molecule has 1 unspecified atom stereocenters. The van der Waals surface area contributed by atoms with Gasteiger partial charge >= 0.3 is 5.97 Å². The lowest BCUT2D eigenvalue weighted by atomic mass is 9.98. The van der Waals surface area contributed by atoms with E-state index >= 15 is 0 Å². The Bertz CT molecular complexity index is 1530. The number of carbonyl (C=O) groups excluding carboxylic acids is 2. The molecule has 4 rings (SSSR count). The molecule has 0 aliphatic carbocycles. The smallest absolute Gasteiger partial charge is 0.308 e. The van der Waals surface area contributed by atoms with Crippen LogP contribution < -0.4 is 14.8 Å². The van der Waals surface area contributed by atoms with Crippen LogP contribution in [0.3, 0.4) is 0 Å². The Balaban J connectivity index is 1.56. The second kappa shape index (κ2) is 13.3. The zero-order chi connectivity index (χ0) is 29.5. The van der Waals surface area contributed by atoms with Gasteiger partial charge in [-0.25, -0.2) is 9.67 Å². The maximum Gasteiger partial charge on any atom is 0.308 e. The van der Waals surface area contributed by atoms with Gasteiger partial charge in [0, 0.05) is 17.5 Å². The standard InChI is InChI=1S/C32H38N4O5/c1-7-40-27-16-14-23(18-28(27)39-6)26(19-30(38)41-8-2)34-29(37)17-15-25-20(3)31-22(5)35-36(32(31)33-21(25)4)24-12-10-9-11-13-24/h9-14,16,18,26H,7-8,15,17,19H2,1-6H3,(H,34,37). The van der Waals surface area contributed by atoms with E-state index in [4.69, 9.17) is 24.3 Å². The largest absolute Gasteiger partial charge is 0.493 e. The van der Waals surface area contributed by atoms with Crippen LogP contribution >= 0.6 is 0 Å². The number of hydrogen-bond donors (Lipinski definition) is 1. The quantitative estimate of drug-likeness (QED) is 0.229. The van der Waals surface area contributed by atoms with Crippen LogP contribution in [0.4, 0.5) is 0 Å². The van der Waals surface area contributed by atoms with E-state index in [-0.39, 0.29) is 25.4 Å². The Morgan fingerprint density at radius 2 is 1.73 bits per heavy atom. The first-order valence-electron chi connectivity index (χ1n) is 13.9. The van der Waals surface area contributed by atoms with Crippen LogP contribution in [0, 0.1) is 20.8 Å². The first kappa shape index (κ1) is 29.6. The van der Waals surface area contributed by atoms with Gasteiger partial charge in [0.2, 0.25) is 5.91 Å². The maximum absolute atomic E-state index is 13.2. The van der Waals surface area contributed by atoms with E-state index in [1.165, 1.54) is 0 Å². The van der Waals surface area contributed by atoms with Crippen LogP contribution in [0.15, 0.2) is 48.5 Å². The van der Waals surface area contributed by atoms with Crippen molar-refractivity contribution in [3.63, 3.8) is 0 Å². The Morgan fingerprint density at radius 3 is 2.41 bits per heavy atom. The van der Waals surface area contributed by atoms with Crippen LogP contribution in [-0.4, -0.2) is 47.0 Å². The number of nitrogens with one attached hydrogen (secondary N) is 1. The highest BCUT2D eigenvalue weighted by Gasteiger charge is 2.22. The molecule has 1 N–H and O–H groups in total. The van der Waals surface area contributed by atoms with Crippen molar-refractivity contribution in [1.82, 2.24) is 20.1 Å². The summed E-state index contributed by atoms with van der Waals surface area (Å²) in [6.07, 6.45) is 0.732. The third-order valence-corrected chi connectivity index (χ3v) is 7.08. The molecular weight excluding hydrogens is 520 g/mol. The number of amides is 1. The molecule has 2 heterocycles. The summed E-state index contributed by atoms with van der Waals surface area (Å²) in [5.74, 6) is 0.560. The van der Waals surface area contributed by atoms with Gasteiger partial charge in [0.05, 0.1) is 44.2 Å². The molecule has 9 heteroatoms. The van der Waals surface area contributed by atoms with Crippen LogP contribution in [0.2, 0.25) is 0 Å². The average Bonchev–Trinajstić information content (AvgIpc) is 3.29. The van der Waals surface area contributed by atoms with Gasteiger partial charge in [-0.1, -0.05) is 24.3 Å². The highest BCUT2D eigenvalue weighted by molar-refractivity contribution is 5.85. The van der Waals surface area contributed by atoms with Crippen molar-refractivity contribution in [2.24, 2.45) is 0 Å². The molecule has 0 bridgehead atoms. The Kier molecular flexibility index (Phi) is 9.60.